The Bertz CT molecular complexity index is 1180. The Balaban J connectivity index is 2.26. The predicted octanol–water partition coefficient (Wildman–Crippen LogP) is 3.38. The first-order valence-corrected chi connectivity index (χ1v) is 11.0. The SMILES string of the molecule is CC(C)c1nc(CO)n(Cc2ccc(=O)[nH]c2)c1S(=O)(=O)c1cc(Cl)cc(Cl)c1. The molecule has 0 bridgehead atoms. The van der Waals surface area contributed by atoms with Gasteiger partial charge in [-0.1, -0.05) is 43.1 Å². The topological polar surface area (TPSA) is 105 Å². The molecule has 1 aromatic carbocycles. The number of hydrogen-bond donors (Lipinski definition) is 2. The highest BCUT2D eigenvalue weighted by Gasteiger charge is 2.31. The highest BCUT2D eigenvalue weighted by molar-refractivity contribution is 7.91. The van der Waals surface area contributed by atoms with Crippen molar-refractivity contribution in [2.24, 2.45) is 0 Å². The molecule has 3 aromatic rings. The summed E-state index contributed by atoms with van der Waals surface area (Å²) >= 11 is 12.0. The maximum Gasteiger partial charge on any atom is 0.247 e. The van der Waals surface area contributed by atoms with E-state index in [0.717, 1.165) is 0 Å². The number of aliphatic hydroxyl groups is 1. The Hall–Kier alpha value is -2.13. The molecule has 0 aliphatic heterocycles. The molecule has 2 heterocycles. The van der Waals surface area contributed by atoms with Crippen LogP contribution in [0.1, 0.15) is 36.8 Å². The van der Waals surface area contributed by atoms with Crippen molar-refractivity contribution < 1.29 is 13.5 Å². The van der Waals surface area contributed by atoms with E-state index >= 15 is 0 Å². The number of hydrogen-bond acceptors (Lipinski definition) is 5. The van der Waals surface area contributed by atoms with Gasteiger partial charge >= 0.3 is 0 Å². The number of nitrogens with zero attached hydrogens (tertiary/aromatic N) is 2. The van der Waals surface area contributed by atoms with Crippen LogP contribution in [0.3, 0.4) is 0 Å². The molecule has 0 spiro atoms. The number of nitrogens with one attached hydrogen (secondary N) is 1. The molecule has 0 aliphatic rings. The zero-order valence-electron chi connectivity index (χ0n) is 15.7. The maximum absolute atomic E-state index is 13.5. The number of aromatic nitrogens is 3. The van der Waals surface area contributed by atoms with Crippen LogP contribution in [0.4, 0.5) is 0 Å². The van der Waals surface area contributed by atoms with E-state index in [0.29, 0.717) is 11.3 Å². The summed E-state index contributed by atoms with van der Waals surface area (Å²) in [6, 6.07) is 7.02. The molecule has 3 rings (SSSR count). The fourth-order valence-electron chi connectivity index (χ4n) is 2.96. The van der Waals surface area contributed by atoms with E-state index in [1.807, 2.05) is 13.8 Å². The molecule has 0 radical (unpaired) electrons. The van der Waals surface area contributed by atoms with E-state index in [1.165, 1.54) is 35.0 Å². The fraction of sp³-hybridized carbons (Fsp3) is 0.263. The zero-order chi connectivity index (χ0) is 21.3. The highest BCUT2D eigenvalue weighted by Crippen LogP contribution is 2.33. The van der Waals surface area contributed by atoms with E-state index in [1.54, 1.807) is 6.07 Å². The second-order valence-corrected chi connectivity index (χ2v) is 9.52. The van der Waals surface area contributed by atoms with Crippen LogP contribution in [0.25, 0.3) is 0 Å². The van der Waals surface area contributed by atoms with Crippen LogP contribution in [-0.4, -0.2) is 28.1 Å². The van der Waals surface area contributed by atoms with Crippen LogP contribution < -0.4 is 5.56 Å². The van der Waals surface area contributed by atoms with Crippen molar-refractivity contribution in [3.63, 3.8) is 0 Å². The van der Waals surface area contributed by atoms with Crippen LogP contribution in [0.15, 0.2) is 51.2 Å². The predicted molar refractivity (Wildman–Crippen MR) is 110 cm³/mol. The molecule has 0 saturated carbocycles. The molecule has 2 N–H and O–H groups in total. The number of halogens is 2. The van der Waals surface area contributed by atoms with E-state index in [2.05, 4.69) is 9.97 Å². The van der Waals surface area contributed by atoms with Gasteiger partial charge in [0.1, 0.15) is 12.4 Å². The maximum atomic E-state index is 13.5. The molecule has 0 aliphatic carbocycles. The number of sulfone groups is 1. The second-order valence-electron chi connectivity index (χ2n) is 6.79. The molecular formula is C19H19Cl2N3O4S. The van der Waals surface area contributed by atoms with Crippen molar-refractivity contribution >= 4 is 33.0 Å². The quantitative estimate of drug-likeness (QED) is 0.592. The number of imidazole rings is 1. The van der Waals surface area contributed by atoms with Gasteiger partial charge in [-0.2, -0.15) is 0 Å². The van der Waals surface area contributed by atoms with Gasteiger partial charge in [0.05, 0.1) is 17.1 Å². The van der Waals surface area contributed by atoms with Crippen molar-refractivity contribution in [1.29, 1.82) is 0 Å². The third kappa shape index (κ3) is 4.40. The summed E-state index contributed by atoms with van der Waals surface area (Å²) in [6.07, 6.45) is 1.49. The van der Waals surface area contributed by atoms with Crippen LogP contribution in [-0.2, 0) is 23.0 Å². The van der Waals surface area contributed by atoms with Gasteiger partial charge in [0.25, 0.3) is 0 Å². The average Bonchev–Trinajstić information content (AvgIpc) is 3.02. The third-order valence-corrected chi connectivity index (χ3v) is 6.54. The number of rotatable bonds is 6. The Morgan fingerprint density at radius 1 is 1.17 bits per heavy atom. The van der Waals surface area contributed by atoms with Crippen molar-refractivity contribution in [1.82, 2.24) is 14.5 Å². The van der Waals surface area contributed by atoms with Gasteiger partial charge in [-0.25, -0.2) is 13.4 Å². The van der Waals surface area contributed by atoms with Gasteiger partial charge < -0.3 is 14.7 Å². The standard InChI is InChI=1S/C19H19Cl2N3O4S/c1-11(2)18-19(29(27,28)15-6-13(20)5-14(21)7-15)24(16(10-25)23-18)9-12-3-4-17(26)22-8-12/h3-8,11,25H,9-10H2,1-2H3,(H,22,26). The van der Waals surface area contributed by atoms with Crippen molar-refractivity contribution in [2.75, 3.05) is 0 Å². The summed E-state index contributed by atoms with van der Waals surface area (Å²) in [5.74, 6) is -0.0249. The number of benzene rings is 1. The van der Waals surface area contributed by atoms with E-state index in [-0.39, 0.29) is 43.8 Å². The lowest BCUT2D eigenvalue weighted by molar-refractivity contribution is 0.264. The summed E-state index contributed by atoms with van der Waals surface area (Å²) in [7, 11) is -4.06. The molecule has 0 fully saturated rings. The van der Waals surface area contributed by atoms with Crippen molar-refractivity contribution in [3.05, 3.63) is 74.0 Å². The minimum atomic E-state index is -4.06. The smallest absolute Gasteiger partial charge is 0.247 e. The zero-order valence-corrected chi connectivity index (χ0v) is 18.0. The van der Waals surface area contributed by atoms with E-state index in [4.69, 9.17) is 23.2 Å². The molecule has 0 saturated heterocycles. The molecule has 29 heavy (non-hydrogen) atoms. The number of pyridine rings is 1. The van der Waals surface area contributed by atoms with E-state index < -0.39 is 16.4 Å². The van der Waals surface area contributed by atoms with Gasteiger partial charge in [0.15, 0.2) is 5.03 Å². The summed E-state index contributed by atoms with van der Waals surface area (Å²) in [5, 5.41) is 10.1. The lowest BCUT2D eigenvalue weighted by atomic mass is 10.1. The van der Waals surface area contributed by atoms with Gasteiger partial charge in [-0.15, -0.1) is 0 Å². The summed E-state index contributed by atoms with van der Waals surface area (Å²) in [4.78, 5) is 18.2. The minimum Gasteiger partial charge on any atom is -0.388 e. The molecule has 0 atom stereocenters. The lowest BCUT2D eigenvalue weighted by Crippen LogP contribution is -2.16. The van der Waals surface area contributed by atoms with Gasteiger partial charge in [0, 0.05) is 22.3 Å². The molecule has 2 aromatic heterocycles. The molecule has 0 amide bonds. The van der Waals surface area contributed by atoms with Crippen molar-refractivity contribution in [2.45, 2.75) is 42.8 Å². The van der Waals surface area contributed by atoms with Gasteiger partial charge in [-0.05, 0) is 29.7 Å². The normalized spacial score (nSPS) is 11.9. The first kappa shape index (κ1) is 21.6. The van der Waals surface area contributed by atoms with Crippen LogP contribution in [0, 0.1) is 0 Å². The lowest BCUT2D eigenvalue weighted by Gasteiger charge is -2.14. The summed E-state index contributed by atoms with van der Waals surface area (Å²) in [5.41, 5.74) is 0.702. The number of H-pyrrole nitrogens is 1. The minimum absolute atomic E-state index is 0.0407. The van der Waals surface area contributed by atoms with E-state index in [9.17, 15) is 18.3 Å². The summed E-state index contributed by atoms with van der Waals surface area (Å²) in [6.45, 7) is 3.28. The molecule has 154 valence electrons. The van der Waals surface area contributed by atoms with Crippen LogP contribution in [0.5, 0.6) is 0 Å². The van der Waals surface area contributed by atoms with Crippen LogP contribution >= 0.6 is 23.2 Å². The first-order chi connectivity index (χ1) is 13.6. The summed E-state index contributed by atoms with van der Waals surface area (Å²) < 4.78 is 28.5. The Morgan fingerprint density at radius 2 is 1.83 bits per heavy atom. The van der Waals surface area contributed by atoms with Crippen LogP contribution in [0.2, 0.25) is 10.0 Å². The number of aliphatic hydroxyl groups excluding tert-OH is 1. The Labute approximate surface area is 177 Å². The molecule has 0 unspecified atom stereocenters. The fourth-order valence-corrected chi connectivity index (χ4v) is 5.42. The first-order valence-electron chi connectivity index (χ1n) is 8.72. The van der Waals surface area contributed by atoms with Gasteiger partial charge in [-0.3, -0.25) is 4.79 Å². The van der Waals surface area contributed by atoms with Gasteiger partial charge in [0.2, 0.25) is 15.4 Å². The largest absolute Gasteiger partial charge is 0.388 e. The Morgan fingerprint density at radius 3 is 2.34 bits per heavy atom. The monoisotopic (exact) mass is 455 g/mol. The van der Waals surface area contributed by atoms with Crippen molar-refractivity contribution in [3.8, 4) is 0 Å². The average molecular weight is 456 g/mol. The molecule has 7 nitrogen and oxygen atoms in total. The number of aromatic amines is 1. The highest BCUT2D eigenvalue weighted by atomic mass is 35.5. The third-order valence-electron chi connectivity index (χ3n) is 4.30. The Kier molecular flexibility index (Phi) is 6.19. The molecule has 10 heteroatoms. The molecular weight excluding hydrogens is 437 g/mol. The second kappa shape index (κ2) is 8.31.